The van der Waals surface area contributed by atoms with Crippen molar-refractivity contribution < 1.29 is 8.78 Å². The van der Waals surface area contributed by atoms with Crippen LogP contribution in [0.4, 0.5) is 20.4 Å². The lowest BCUT2D eigenvalue weighted by atomic mass is 10.3. The van der Waals surface area contributed by atoms with Crippen LogP contribution in [-0.4, -0.2) is 17.6 Å². The van der Waals surface area contributed by atoms with Crippen molar-refractivity contribution in [1.82, 2.24) is 4.98 Å². The second kappa shape index (κ2) is 4.83. The van der Waals surface area contributed by atoms with Crippen molar-refractivity contribution in [3.63, 3.8) is 0 Å². The van der Waals surface area contributed by atoms with E-state index in [4.69, 9.17) is 5.84 Å². The SMILES string of the molecule is CCCN(c1nc(NN)c(F)cc1F)C1CC1. The Balaban J connectivity index is 2.34. The van der Waals surface area contributed by atoms with Gasteiger partial charge < -0.3 is 10.3 Å². The molecule has 0 unspecified atom stereocenters. The van der Waals surface area contributed by atoms with E-state index in [-0.39, 0.29) is 11.6 Å². The molecule has 0 atom stereocenters. The van der Waals surface area contributed by atoms with E-state index < -0.39 is 11.6 Å². The van der Waals surface area contributed by atoms with Crippen LogP contribution in [0, 0.1) is 11.6 Å². The number of nitrogens with two attached hydrogens (primary N) is 1. The first-order valence-electron chi connectivity index (χ1n) is 5.76. The molecule has 0 bridgehead atoms. The number of rotatable bonds is 5. The summed E-state index contributed by atoms with van der Waals surface area (Å²) in [7, 11) is 0. The zero-order valence-electron chi connectivity index (χ0n) is 9.71. The van der Waals surface area contributed by atoms with Crippen molar-refractivity contribution in [2.24, 2.45) is 5.84 Å². The van der Waals surface area contributed by atoms with E-state index in [1.54, 1.807) is 0 Å². The normalized spacial score (nSPS) is 14.8. The van der Waals surface area contributed by atoms with Gasteiger partial charge in [-0.05, 0) is 19.3 Å². The third kappa shape index (κ3) is 2.46. The summed E-state index contributed by atoms with van der Waals surface area (Å²) in [5, 5.41) is 0. The molecule has 0 saturated heterocycles. The third-order valence-electron chi connectivity index (χ3n) is 2.77. The predicted molar refractivity (Wildman–Crippen MR) is 62.6 cm³/mol. The van der Waals surface area contributed by atoms with E-state index in [1.165, 1.54) is 0 Å². The second-order valence-electron chi connectivity index (χ2n) is 4.19. The molecule has 0 aromatic carbocycles. The Labute approximate surface area is 98.8 Å². The molecule has 0 radical (unpaired) electrons. The number of pyridine rings is 1. The second-order valence-corrected chi connectivity index (χ2v) is 4.19. The molecule has 2 rings (SSSR count). The van der Waals surface area contributed by atoms with Gasteiger partial charge in [0.15, 0.2) is 23.3 Å². The number of hydrazine groups is 1. The van der Waals surface area contributed by atoms with Crippen molar-refractivity contribution in [3.05, 3.63) is 17.7 Å². The monoisotopic (exact) mass is 242 g/mol. The summed E-state index contributed by atoms with van der Waals surface area (Å²) < 4.78 is 26.9. The molecule has 1 aromatic rings. The van der Waals surface area contributed by atoms with Crippen LogP contribution < -0.4 is 16.2 Å². The van der Waals surface area contributed by atoms with Crippen molar-refractivity contribution in [1.29, 1.82) is 0 Å². The number of hydrogen-bond acceptors (Lipinski definition) is 4. The van der Waals surface area contributed by atoms with E-state index in [0.29, 0.717) is 12.6 Å². The largest absolute Gasteiger partial charge is 0.351 e. The summed E-state index contributed by atoms with van der Waals surface area (Å²) in [4.78, 5) is 5.79. The maximum Gasteiger partial charge on any atom is 0.178 e. The maximum atomic E-state index is 13.7. The molecular weight excluding hydrogens is 226 g/mol. The van der Waals surface area contributed by atoms with Crippen molar-refractivity contribution >= 4 is 11.6 Å². The van der Waals surface area contributed by atoms with Gasteiger partial charge >= 0.3 is 0 Å². The molecule has 1 saturated carbocycles. The van der Waals surface area contributed by atoms with E-state index >= 15 is 0 Å². The van der Waals surface area contributed by atoms with Crippen LogP contribution in [0.1, 0.15) is 26.2 Å². The highest BCUT2D eigenvalue weighted by Gasteiger charge is 2.31. The van der Waals surface area contributed by atoms with Crippen LogP contribution in [0.25, 0.3) is 0 Å². The quantitative estimate of drug-likeness (QED) is 0.612. The molecule has 0 aliphatic heterocycles. The van der Waals surface area contributed by atoms with Crippen molar-refractivity contribution in [2.45, 2.75) is 32.2 Å². The molecule has 1 aliphatic rings. The number of anilines is 2. The standard InChI is InChI=1S/C11H16F2N4/c1-2-5-17(7-3-4-7)11-9(13)6-8(12)10(15-11)16-14/h6-7H,2-5,14H2,1H3,(H,15,16). The lowest BCUT2D eigenvalue weighted by molar-refractivity contribution is 0.567. The van der Waals surface area contributed by atoms with E-state index in [9.17, 15) is 8.78 Å². The molecule has 3 N–H and O–H groups in total. The lowest BCUT2D eigenvalue weighted by Gasteiger charge is -2.23. The minimum absolute atomic E-state index is 0.122. The topological polar surface area (TPSA) is 54.2 Å². The average molecular weight is 242 g/mol. The summed E-state index contributed by atoms with van der Waals surface area (Å²) in [6.45, 7) is 2.73. The summed E-state index contributed by atoms with van der Waals surface area (Å²) in [5.41, 5.74) is 2.14. The van der Waals surface area contributed by atoms with Gasteiger partial charge in [0, 0.05) is 18.7 Å². The number of aromatic nitrogens is 1. The Bertz CT molecular complexity index is 407. The first-order chi connectivity index (χ1) is 8.17. The van der Waals surface area contributed by atoms with E-state index in [2.05, 4.69) is 10.4 Å². The molecule has 6 heteroatoms. The van der Waals surface area contributed by atoms with Gasteiger partial charge in [-0.15, -0.1) is 0 Å². The van der Waals surface area contributed by atoms with E-state index in [1.807, 2.05) is 11.8 Å². The summed E-state index contributed by atoms with van der Waals surface area (Å²) in [5.74, 6) is 3.79. The smallest absolute Gasteiger partial charge is 0.178 e. The van der Waals surface area contributed by atoms with Crippen molar-refractivity contribution in [3.8, 4) is 0 Å². The first-order valence-corrected chi connectivity index (χ1v) is 5.76. The number of nitrogens with zero attached hydrogens (tertiary/aromatic N) is 2. The van der Waals surface area contributed by atoms with Gasteiger partial charge in [-0.2, -0.15) is 0 Å². The Morgan fingerprint density at radius 2 is 2.18 bits per heavy atom. The van der Waals surface area contributed by atoms with Crippen LogP contribution >= 0.6 is 0 Å². The van der Waals surface area contributed by atoms with Crippen molar-refractivity contribution in [2.75, 3.05) is 16.9 Å². The molecule has 1 aliphatic carbocycles. The minimum atomic E-state index is -0.777. The number of hydrogen-bond donors (Lipinski definition) is 2. The summed E-state index contributed by atoms with van der Waals surface area (Å²) in [6, 6.07) is 1.15. The summed E-state index contributed by atoms with van der Waals surface area (Å²) >= 11 is 0. The Morgan fingerprint density at radius 1 is 1.47 bits per heavy atom. The fourth-order valence-electron chi connectivity index (χ4n) is 1.85. The van der Waals surface area contributed by atoms with Crippen LogP contribution in [0.3, 0.4) is 0 Å². The molecule has 4 nitrogen and oxygen atoms in total. The van der Waals surface area contributed by atoms with Gasteiger partial charge in [0.1, 0.15) is 0 Å². The maximum absolute atomic E-state index is 13.7. The summed E-state index contributed by atoms with van der Waals surface area (Å²) in [6.07, 6.45) is 2.95. The third-order valence-corrected chi connectivity index (χ3v) is 2.77. The fourth-order valence-corrected chi connectivity index (χ4v) is 1.85. The van der Waals surface area contributed by atoms with Gasteiger partial charge in [-0.1, -0.05) is 6.92 Å². The highest BCUT2D eigenvalue weighted by Crippen LogP contribution is 2.33. The minimum Gasteiger partial charge on any atom is -0.351 e. The van der Waals surface area contributed by atoms with Crippen LogP contribution in [0.15, 0.2) is 6.07 Å². The average Bonchev–Trinajstić information content (AvgIpc) is 3.11. The highest BCUT2D eigenvalue weighted by molar-refractivity contribution is 5.50. The van der Waals surface area contributed by atoms with Gasteiger partial charge in [0.2, 0.25) is 0 Å². The van der Waals surface area contributed by atoms with Gasteiger partial charge in [-0.25, -0.2) is 19.6 Å². The molecular formula is C11H16F2N4. The Hall–Kier alpha value is -1.43. The van der Waals surface area contributed by atoms with Crippen LogP contribution in [0.5, 0.6) is 0 Å². The first kappa shape index (κ1) is 12.0. The van der Waals surface area contributed by atoms with Crippen LogP contribution in [-0.2, 0) is 0 Å². The molecule has 1 fully saturated rings. The predicted octanol–water partition coefficient (Wildman–Crippen LogP) is 2.02. The zero-order valence-corrected chi connectivity index (χ0v) is 9.71. The van der Waals surface area contributed by atoms with Gasteiger partial charge in [-0.3, -0.25) is 0 Å². The number of nitrogen functional groups attached to an aromatic ring is 1. The molecule has 17 heavy (non-hydrogen) atoms. The molecule has 0 amide bonds. The zero-order chi connectivity index (χ0) is 12.4. The van der Waals surface area contributed by atoms with Gasteiger partial charge in [0.05, 0.1) is 0 Å². The molecule has 0 spiro atoms. The molecule has 94 valence electrons. The van der Waals surface area contributed by atoms with E-state index in [0.717, 1.165) is 25.3 Å². The Kier molecular flexibility index (Phi) is 3.42. The Morgan fingerprint density at radius 3 is 2.71 bits per heavy atom. The number of halogens is 2. The molecule has 1 heterocycles. The van der Waals surface area contributed by atoms with Crippen LogP contribution in [0.2, 0.25) is 0 Å². The fraction of sp³-hybridized carbons (Fsp3) is 0.545. The lowest BCUT2D eigenvalue weighted by Crippen LogP contribution is -2.29. The molecule has 1 aromatic heterocycles. The highest BCUT2D eigenvalue weighted by atomic mass is 19.1. The number of nitrogens with one attached hydrogen (secondary N) is 1. The van der Waals surface area contributed by atoms with Gasteiger partial charge in [0.25, 0.3) is 0 Å².